The Bertz CT molecular complexity index is 585. The average Bonchev–Trinajstić information content (AvgIpc) is 3.21. The SMILES string of the molecule is CSC(C)(C)c1ccc2c(C3CC3)nccc2c1. The molecule has 0 N–H and O–H groups in total. The van der Waals surface area contributed by atoms with E-state index in [2.05, 4.69) is 49.4 Å². The first-order valence-electron chi connectivity index (χ1n) is 6.56. The first kappa shape index (κ1) is 12.0. The number of rotatable bonds is 3. The molecule has 0 spiro atoms. The number of pyridine rings is 1. The van der Waals surface area contributed by atoms with Gasteiger partial charge in [-0.3, -0.25) is 4.98 Å². The van der Waals surface area contributed by atoms with Gasteiger partial charge >= 0.3 is 0 Å². The van der Waals surface area contributed by atoms with Crippen molar-refractivity contribution in [3.63, 3.8) is 0 Å². The van der Waals surface area contributed by atoms with E-state index in [1.165, 1.54) is 34.9 Å². The van der Waals surface area contributed by atoms with Gasteiger partial charge in [-0.15, -0.1) is 0 Å². The third kappa shape index (κ3) is 2.03. The highest BCUT2D eigenvalue weighted by atomic mass is 32.2. The zero-order valence-electron chi connectivity index (χ0n) is 11.2. The molecule has 1 aromatic heterocycles. The summed E-state index contributed by atoms with van der Waals surface area (Å²) in [5.74, 6) is 0.716. The van der Waals surface area contributed by atoms with E-state index in [4.69, 9.17) is 0 Å². The van der Waals surface area contributed by atoms with Gasteiger partial charge in [-0.25, -0.2) is 0 Å². The van der Waals surface area contributed by atoms with E-state index in [-0.39, 0.29) is 4.75 Å². The molecule has 0 aliphatic heterocycles. The van der Waals surface area contributed by atoms with Gasteiger partial charge in [0.25, 0.3) is 0 Å². The van der Waals surface area contributed by atoms with Gasteiger partial charge in [-0.05, 0) is 56.0 Å². The summed E-state index contributed by atoms with van der Waals surface area (Å²) >= 11 is 1.90. The first-order valence-corrected chi connectivity index (χ1v) is 7.78. The van der Waals surface area contributed by atoms with Gasteiger partial charge < -0.3 is 0 Å². The number of benzene rings is 1. The Hall–Kier alpha value is -1.02. The summed E-state index contributed by atoms with van der Waals surface area (Å²) in [6.45, 7) is 4.56. The first-order chi connectivity index (χ1) is 8.62. The molecule has 0 atom stereocenters. The molecule has 0 unspecified atom stereocenters. The van der Waals surface area contributed by atoms with Crippen LogP contribution in [0.4, 0.5) is 0 Å². The lowest BCUT2D eigenvalue weighted by Crippen LogP contribution is -2.10. The monoisotopic (exact) mass is 257 g/mol. The van der Waals surface area contributed by atoms with E-state index in [1.54, 1.807) is 0 Å². The van der Waals surface area contributed by atoms with Gasteiger partial charge in [0, 0.05) is 22.2 Å². The Kier molecular flexibility index (Phi) is 2.86. The molecule has 2 aromatic rings. The summed E-state index contributed by atoms with van der Waals surface area (Å²) in [6.07, 6.45) is 6.76. The molecule has 1 nitrogen and oxygen atoms in total. The van der Waals surface area contributed by atoms with E-state index < -0.39 is 0 Å². The summed E-state index contributed by atoms with van der Waals surface area (Å²) in [4.78, 5) is 4.58. The smallest absolute Gasteiger partial charge is 0.0512 e. The lowest BCUT2D eigenvalue weighted by Gasteiger charge is -2.23. The van der Waals surface area contributed by atoms with Gasteiger partial charge in [0.1, 0.15) is 0 Å². The lowest BCUT2D eigenvalue weighted by atomic mass is 9.97. The number of fused-ring (bicyclic) bond motifs is 1. The number of hydrogen-bond acceptors (Lipinski definition) is 2. The van der Waals surface area contributed by atoms with Crippen LogP contribution >= 0.6 is 11.8 Å². The van der Waals surface area contributed by atoms with Gasteiger partial charge in [0.2, 0.25) is 0 Å². The number of thioether (sulfide) groups is 1. The van der Waals surface area contributed by atoms with Gasteiger partial charge in [-0.2, -0.15) is 11.8 Å². The highest BCUT2D eigenvalue weighted by Gasteiger charge is 2.27. The van der Waals surface area contributed by atoms with Crippen LogP contribution in [0.25, 0.3) is 10.8 Å². The standard InChI is InChI=1S/C16H19NS/c1-16(2,18-3)13-6-7-14-12(10-13)8-9-17-15(14)11-4-5-11/h6-11H,4-5H2,1-3H3. The topological polar surface area (TPSA) is 12.9 Å². The summed E-state index contributed by atoms with van der Waals surface area (Å²) in [7, 11) is 0. The Morgan fingerprint density at radius 3 is 2.67 bits per heavy atom. The van der Waals surface area contributed by atoms with Crippen molar-refractivity contribution in [3.05, 3.63) is 41.7 Å². The second kappa shape index (κ2) is 4.27. The Balaban J connectivity index is 2.13. The predicted octanol–water partition coefficient (Wildman–Crippen LogP) is 4.71. The van der Waals surface area contributed by atoms with Gasteiger partial charge in [0.15, 0.2) is 0 Å². The normalized spacial score (nSPS) is 16.2. The number of aromatic nitrogens is 1. The van der Waals surface area contributed by atoms with Crippen LogP contribution in [0.1, 0.15) is 43.9 Å². The summed E-state index contributed by atoms with van der Waals surface area (Å²) in [6, 6.07) is 9.01. The summed E-state index contributed by atoms with van der Waals surface area (Å²) in [5.41, 5.74) is 2.71. The van der Waals surface area contributed by atoms with Crippen LogP contribution in [0.15, 0.2) is 30.5 Å². The van der Waals surface area contributed by atoms with Gasteiger partial charge in [0.05, 0.1) is 5.69 Å². The lowest BCUT2D eigenvalue weighted by molar-refractivity contribution is 0.787. The van der Waals surface area contributed by atoms with Crippen molar-refractivity contribution in [2.45, 2.75) is 37.4 Å². The van der Waals surface area contributed by atoms with Crippen molar-refractivity contribution in [1.82, 2.24) is 4.98 Å². The minimum Gasteiger partial charge on any atom is -0.260 e. The van der Waals surface area contributed by atoms with E-state index in [1.807, 2.05) is 18.0 Å². The predicted molar refractivity (Wildman–Crippen MR) is 80.3 cm³/mol. The molecule has 2 heteroatoms. The molecule has 0 saturated heterocycles. The van der Waals surface area contributed by atoms with E-state index in [0.717, 1.165) is 0 Å². The molecule has 1 aliphatic rings. The van der Waals surface area contributed by atoms with Crippen LogP contribution in [0, 0.1) is 0 Å². The molecule has 0 radical (unpaired) electrons. The van der Waals surface area contributed by atoms with Crippen molar-refractivity contribution in [2.24, 2.45) is 0 Å². The van der Waals surface area contributed by atoms with Crippen molar-refractivity contribution in [1.29, 1.82) is 0 Å². The average molecular weight is 257 g/mol. The quantitative estimate of drug-likeness (QED) is 0.789. The molecular formula is C16H19NS. The summed E-state index contributed by atoms with van der Waals surface area (Å²) in [5, 5.41) is 2.69. The second-order valence-electron chi connectivity index (χ2n) is 5.62. The fraction of sp³-hybridized carbons (Fsp3) is 0.438. The third-order valence-electron chi connectivity index (χ3n) is 3.96. The minimum atomic E-state index is 0.178. The number of hydrogen-bond donors (Lipinski definition) is 0. The molecule has 1 saturated carbocycles. The fourth-order valence-electron chi connectivity index (χ4n) is 2.38. The third-order valence-corrected chi connectivity index (χ3v) is 5.22. The van der Waals surface area contributed by atoms with Crippen molar-refractivity contribution < 1.29 is 0 Å². The Morgan fingerprint density at radius 1 is 1.22 bits per heavy atom. The Morgan fingerprint density at radius 2 is 2.00 bits per heavy atom. The van der Waals surface area contributed by atoms with Crippen LogP contribution in [-0.2, 0) is 4.75 Å². The van der Waals surface area contributed by atoms with Crippen molar-refractivity contribution >= 4 is 22.5 Å². The molecule has 1 aliphatic carbocycles. The Labute approximate surface area is 113 Å². The maximum atomic E-state index is 4.58. The zero-order valence-corrected chi connectivity index (χ0v) is 12.1. The van der Waals surface area contributed by atoms with Crippen LogP contribution in [0.2, 0.25) is 0 Å². The molecule has 94 valence electrons. The number of nitrogens with zero attached hydrogens (tertiary/aromatic N) is 1. The minimum absolute atomic E-state index is 0.178. The second-order valence-corrected chi connectivity index (χ2v) is 7.05. The molecular weight excluding hydrogens is 238 g/mol. The fourth-order valence-corrected chi connectivity index (χ4v) is 2.74. The molecule has 18 heavy (non-hydrogen) atoms. The van der Waals surface area contributed by atoms with Crippen LogP contribution < -0.4 is 0 Å². The molecule has 0 bridgehead atoms. The zero-order chi connectivity index (χ0) is 12.8. The summed E-state index contributed by atoms with van der Waals surface area (Å²) < 4.78 is 0.178. The van der Waals surface area contributed by atoms with Crippen LogP contribution in [0.5, 0.6) is 0 Å². The van der Waals surface area contributed by atoms with Gasteiger partial charge in [-0.1, -0.05) is 12.1 Å². The molecule has 3 rings (SSSR count). The van der Waals surface area contributed by atoms with Crippen molar-refractivity contribution in [3.8, 4) is 0 Å². The highest BCUT2D eigenvalue weighted by Crippen LogP contribution is 2.42. The molecule has 0 amide bonds. The van der Waals surface area contributed by atoms with Crippen molar-refractivity contribution in [2.75, 3.05) is 6.26 Å². The maximum Gasteiger partial charge on any atom is 0.0512 e. The van der Waals surface area contributed by atoms with E-state index >= 15 is 0 Å². The van der Waals surface area contributed by atoms with Crippen LogP contribution in [-0.4, -0.2) is 11.2 Å². The molecule has 1 aromatic carbocycles. The highest BCUT2D eigenvalue weighted by molar-refractivity contribution is 7.99. The van der Waals surface area contributed by atoms with E-state index in [9.17, 15) is 0 Å². The molecule has 1 fully saturated rings. The van der Waals surface area contributed by atoms with Crippen LogP contribution in [0.3, 0.4) is 0 Å². The largest absolute Gasteiger partial charge is 0.260 e. The van der Waals surface area contributed by atoms with E-state index in [0.29, 0.717) is 5.92 Å². The molecule has 1 heterocycles. The maximum absolute atomic E-state index is 4.58.